The van der Waals surface area contributed by atoms with Crippen molar-refractivity contribution in [3.8, 4) is 0 Å². The quantitative estimate of drug-likeness (QED) is 0.181. The fourth-order valence-electron chi connectivity index (χ4n) is 3.58. The maximum atomic E-state index is 13.9. The molecular formula is C23H16F2N4O5S. The lowest BCUT2D eigenvalue weighted by Gasteiger charge is -2.13. The van der Waals surface area contributed by atoms with Crippen LogP contribution in [0.25, 0.3) is 22.4 Å². The van der Waals surface area contributed by atoms with Crippen LogP contribution in [0.1, 0.15) is 32.1 Å². The SMILES string of the molecule is NC(=O)c1c(C(=O)C(=C(O)c2cc(F)cc(F)c2)c2nc3ccccc3[nH]2)cccc1S(N)(=O)=O. The average Bonchev–Trinajstić information content (AvgIpc) is 3.20. The Labute approximate surface area is 196 Å². The highest BCUT2D eigenvalue weighted by Gasteiger charge is 2.30. The molecule has 0 aliphatic heterocycles. The standard InChI is InChI=1S/C23H16F2N4O5S/c24-12-8-11(9-13(25)10-12)20(30)19(23-28-15-5-1-2-6-16(15)29-23)21(31)14-4-3-7-17(35(27,33)34)18(14)22(26)32/h1-10,30H,(H2,26,32)(H,28,29)(H2,27,33,34). The van der Waals surface area contributed by atoms with Gasteiger partial charge in [0.1, 0.15) is 28.8 Å². The number of aliphatic hydroxyl groups excluding tert-OH is 1. The van der Waals surface area contributed by atoms with Crippen LogP contribution < -0.4 is 10.9 Å². The number of hydrogen-bond acceptors (Lipinski definition) is 6. The van der Waals surface area contributed by atoms with Crippen molar-refractivity contribution in [2.45, 2.75) is 4.90 Å². The second-order valence-electron chi connectivity index (χ2n) is 7.40. The van der Waals surface area contributed by atoms with Gasteiger partial charge in [-0.1, -0.05) is 24.3 Å². The molecule has 9 nitrogen and oxygen atoms in total. The van der Waals surface area contributed by atoms with E-state index in [-0.39, 0.29) is 5.82 Å². The largest absolute Gasteiger partial charge is 0.506 e. The number of halogens is 2. The molecule has 0 spiro atoms. The number of aromatic amines is 1. The monoisotopic (exact) mass is 498 g/mol. The van der Waals surface area contributed by atoms with Crippen molar-refractivity contribution in [2.24, 2.45) is 10.9 Å². The number of nitrogens with zero attached hydrogens (tertiary/aromatic N) is 1. The van der Waals surface area contributed by atoms with Crippen LogP contribution in [0.2, 0.25) is 0 Å². The molecule has 0 aliphatic carbocycles. The molecule has 0 unspecified atom stereocenters. The van der Waals surface area contributed by atoms with Crippen LogP contribution in [-0.4, -0.2) is 35.2 Å². The summed E-state index contributed by atoms with van der Waals surface area (Å²) in [6.07, 6.45) is 0. The number of aromatic nitrogens is 2. The molecule has 0 saturated heterocycles. The number of H-pyrrole nitrogens is 1. The first-order valence-electron chi connectivity index (χ1n) is 9.82. The number of fused-ring (bicyclic) bond motifs is 1. The van der Waals surface area contributed by atoms with Gasteiger partial charge in [0.2, 0.25) is 15.8 Å². The third-order valence-corrected chi connectivity index (χ3v) is 6.00. The third-order valence-electron chi connectivity index (χ3n) is 5.05. The summed E-state index contributed by atoms with van der Waals surface area (Å²) in [4.78, 5) is 32.2. The van der Waals surface area contributed by atoms with E-state index in [1.54, 1.807) is 24.3 Å². The minimum atomic E-state index is -4.48. The van der Waals surface area contributed by atoms with Crippen molar-refractivity contribution >= 4 is 44.1 Å². The van der Waals surface area contributed by atoms with Gasteiger partial charge in [0.15, 0.2) is 0 Å². The van der Waals surface area contributed by atoms with Gasteiger partial charge < -0.3 is 15.8 Å². The van der Waals surface area contributed by atoms with Gasteiger partial charge in [0, 0.05) is 17.2 Å². The van der Waals surface area contributed by atoms with E-state index < -0.39 is 66.3 Å². The number of ketones is 1. The summed E-state index contributed by atoms with van der Waals surface area (Å²) in [7, 11) is -4.48. The number of para-hydroxylation sites is 2. The van der Waals surface area contributed by atoms with Crippen molar-refractivity contribution in [3.05, 3.63) is 94.8 Å². The number of hydrogen-bond donors (Lipinski definition) is 4. The number of nitrogens with two attached hydrogens (primary N) is 2. The molecule has 0 atom stereocenters. The van der Waals surface area contributed by atoms with Crippen LogP contribution >= 0.6 is 0 Å². The number of allylic oxidation sites excluding steroid dienone is 1. The van der Waals surface area contributed by atoms with Gasteiger partial charge >= 0.3 is 0 Å². The van der Waals surface area contributed by atoms with E-state index >= 15 is 0 Å². The highest BCUT2D eigenvalue weighted by molar-refractivity contribution is 7.89. The van der Waals surface area contributed by atoms with E-state index in [2.05, 4.69) is 9.97 Å². The average molecular weight is 498 g/mol. The Bertz CT molecular complexity index is 1610. The highest BCUT2D eigenvalue weighted by atomic mass is 32.2. The number of rotatable bonds is 6. The zero-order valence-electron chi connectivity index (χ0n) is 17.6. The Hall–Kier alpha value is -4.42. The maximum absolute atomic E-state index is 13.9. The van der Waals surface area contributed by atoms with E-state index in [1.807, 2.05) is 0 Å². The Morgan fingerprint density at radius 3 is 2.23 bits per heavy atom. The number of primary sulfonamides is 1. The molecule has 3 aromatic carbocycles. The van der Waals surface area contributed by atoms with Gasteiger partial charge in [0.25, 0.3) is 5.91 Å². The number of aliphatic hydroxyl groups is 1. The lowest BCUT2D eigenvalue weighted by Crippen LogP contribution is -2.24. The number of primary amides is 1. The Kier molecular flexibility index (Phi) is 5.92. The minimum absolute atomic E-state index is 0.213. The molecule has 1 amide bonds. The summed E-state index contributed by atoms with van der Waals surface area (Å²) in [6.45, 7) is 0. The van der Waals surface area contributed by atoms with Crippen molar-refractivity contribution in [2.75, 3.05) is 0 Å². The van der Waals surface area contributed by atoms with Crippen LogP contribution in [-0.2, 0) is 10.0 Å². The van der Waals surface area contributed by atoms with E-state index in [0.717, 1.165) is 30.3 Å². The van der Waals surface area contributed by atoms with Crippen LogP contribution in [0.3, 0.4) is 0 Å². The van der Waals surface area contributed by atoms with Crippen molar-refractivity contribution < 1.29 is 31.9 Å². The molecule has 1 heterocycles. The summed E-state index contributed by atoms with van der Waals surface area (Å²) in [6, 6.07) is 11.9. The fourth-order valence-corrected chi connectivity index (χ4v) is 4.34. The Morgan fingerprint density at radius 1 is 0.971 bits per heavy atom. The number of nitrogens with one attached hydrogen (secondary N) is 1. The number of Topliss-reactive ketones (excluding diaryl/α,β-unsaturated/α-hetero) is 1. The maximum Gasteiger partial charge on any atom is 0.250 e. The Morgan fingerprint density at radius 2 is 1.63 bits per heavy atom. The van der Waals surface area contributed by atoms with Gasteiger partial charge in [-0.25, -0.2) is 27.3 Å². The summed E-state index contributed by atoms with van der Waals surface area (Å²) in [5.74, 6) is -5.54. The lowest BCUT2D eigenvalue weighted by atomic mass is 9.95. The summed E-state index contributed by atoms with van der Waals surface area (Å²) < 4.78 is 51.8. The van der Waals surface area contributed by atoms with E-state index in [9.17, 15) is 31.9 Å². The molecule has 0 fully saturated rings. The number of carbonyl (C=O) groups is 2. The van der Waals surface area contributed by atoms with Crippen molar-refractivity contribution in [1.29, 1.82) is 0 Å². The van der Waals surface area contributed by atoms with E-state index in [1.165, 1.54) is 0 Å². The third kappa shape index (κ3) is 4.52. The predicted octanol–water partition coefficient (Wildman–Crippen LogP) is 2.90. The minimum Gasteiger partial charge on any atom is -0.506 e. The summed E-state index contributed by atoms with van der Waals surface area (Å²) in [5, 5.41) is 16.2. The van der Waals surface area contributed by atoms with Crippen molar-refractivity contribution in [1.82, 2.24) is 9.97 Å². The number of carbonyl (C=O) groups excluding carboxylic acids is 2. The van der Waals surface area contributed by atoms with Gasteiger partial charge in [-0.15, -0.1) is 0 Å². The van der Waals surface area contributed by atoms with Crippen LogP contribution in [0.15, 0.2) is 65.6 Å². The summed E-state index contributed by atoms with van der Waals surface area (Å²) >= 11 is 0. The molecule has 4 rings (SSSR count). The first kappa shape index (κ1) is 23.7. The normalized spacial score (nSPS) is 12.4. The molecule has 0 saturated carbocycles. The predicted molar refractivity (Wildman–Crippen MR) is 123 cm³/mol. The number of imidazole rings is 1. The topological polar surface area (TPSA) is 169 Å². The second kappa shape index (κ2) is 8.74. The van der Waals surface area contributed by atoms with Gasteiger partial charge in [-0.3, -0.25) is 9.59 Å². The van der Waals surface area contributed by atoms with Gasteiger partial charge in [-0.05, 0) is 30.3 Å². The summed E-state index contributed by atoms with van der Waals surface area (Å²) in [5.41, 5.74) is 3.96. The van der Waals surface area contributed by atoms with Crippen LogP contribution in [0, 0.1) is 11.6 Å². The van der Waals surface area contributed by atoms with Crippen molar-refractivity contribution in [3.63, 3.8) is 0 Å². The van der Waals surface area contributed by atoms with Gasteiger partial charge in [-0.2, -0.15) is 0 Å². The molecule has 4 aromatic rings. The lowest BCUT2D eigenvalue weighted by molar-refractivity contribution is 0.0982. The second-order valence-corrected chi connectivity index (χ2v) is 8.93. The molecule has 1 aromatic heterocycles. The van der Waals surface area contributed by atoms with Crippen LogP contribution in [0.4, 0.5) is 8.78 Å². The van der Waals surface area contributed by atoms with E-state index in [4.69, 9.17) is 10.9 Å². The zero-order valence-corrected chi connectivity index (χ0v) is 18.4. The Balaban J connectivity index is 2.05. The first-order chi connectivity index (χ1) is 16.5. The molecule has 35 heavy (non-hydrogen) atoms. The fraction of sp³-hybridized carbons (Fsp3) is 0. The molecule has 6 N–H and O–H groups in total. The van der Waals surface area contributed by atoms with Gasteiger partial charge in [0.05, 0.1) is 21.5 Å². The van der Waals surface area contributed by atoms with E-state index in [0.29, 0.717) is 17.1 Å². The molecule has 12 heteroatoms. The van der Waals surface area contributed by atoms with Crippen LogP contribution in [0.5, 0.6) is 0 Å². The zero-order chi connectivity index (χ0) is 25.5. The number of sulfonamides is 1. The molecule has 0 radical (unpaired) electrons. The molecular weight excluding hydrogens is 482 g/mol. The first-order valence-corrected chi connectivity index (χ1v) is 11.4. The molecule has 0 aliphatic rings. The number of amides is 1. The molecule has 0 bridgehead atoms. The number of benzene rings is 3. The molecule has 178 valence electrons. The smallest absolute Gasteiger partial charge is 0.250 e. The highest BCUT2D eigenvalue weighted by Crippen LogP contribution is 2.31.